The van der Waals surface area contributed by atoms with E-state index in [1.165, 1.54) is 12.4 Å². The summed E-state index contributed by atoms with van der Waals surface area (Å²) in [5, 5.41) is 0. The van der Waals surface area contributed by atoms with Gasteiger partial charge in [0.2, 0.25) is 0 Å². The number of H-pyrrole nitrogens is 1. The van der Waals surface area contributed by atoms with Gasteiger partial charge in [-0.2, -0.15) is 13.2 Å². The van der Waals surface area contributed by atoms with Gasteiger partial charge in [0, 0.05) is 12.4 Å². The topological polar surface area (TPSA) is 20.7 Å². The first kappa shape index (κ1) is 9.31. The highest BCUT2D eigenvalue weighted by molar-refractivity contribution is 7.71. The molecule has 1 aromatic rings. The summed E-state index contributed by atoms with van der Waals surface area (Å²) in [4.78, 5) is 2.50. The molecule has 0 aliphatic carbocycles. The van der Waals surface area contributed by atoms with Crippen LogP contribution in [0.1, 0.15) is 13.0 Å². The predicted octanol–water partition coefficient (Wildman–Crippen LogP) is 2.67. The number of hydrogen-bond donors (Lipinski definition) is 1. The maximum Gasteiger partial charge on any atom is 0.408 e. The molecule has 0 aliphatic heterocycles. The van der Waals surface area contributed by atoms with Gasteiger partial charge in [0.05, 0.1) is 0 Å². The van der Waals surface area contributed by atoms with Gasteiger partial charge in [0.15, 0.2) is 4.77 Å². The quantitative estimate of drug-likeness (QED) is 0.685. The van der Waals surface area contributed by atoms with Crippen molar-refractivity contribution in [3.05, 3.63) is 17.2 Å². The SMILES string of the molecule is CC(n1cc[nH]c1=S)C(F)(F)F. The van der Waals surface area contributed by atoms with Crippen molar-refractivity contribution < 1.29 is 13.2 Å². The molecule has 0 amide bonds. The second kappa shape index (κ2) is 2.93. The molecule has 1 atom stereocenters. The van der Waals surface area contributed by atoms with E-state index in [-0.39, 0.29) is 4.77 Å². The summed E-state index contributed by atoms with van der Waals surface area (Å²) >= 11 is 4.64. The van der Waals surface area contributed by atoms with E-state index >= 15 is 0 Å². The van der Waals surface area contributed by atoms with Gasteiger partial charge in [0.1, 0.15) is 6.04 Å². The first-order valence-corrected chi connectivity index (χ1v) is 3.66. The molecule has 1 aromatic heterocycles. The van der Waals surface area contributed by atoms with E-state index in [0.29, 0.717) is 0 Å². The third-order valence-corrected chi connectivity index (χ3v) is 1.90. The molecule has 0 radical (unpaired) electrons. The number of aromatic amines is 1. The van der Waals surface area contributed by atoms with Crippen molar-refractivity contribution >= 4 is 12.2 Å². The van der Waals surface area contributed by atoms with Crippen LogP contribution < -0.4 is 0 Å². The van der Waals surface area contributed by atoms with Crippen LogP contribution in [0.5, 0.6) is 0 Å². The lowest BCUT2D eigenvalue weighted by molar-refractivity contribution is -0.163. The largest absolute Gasteiger partial charge is 0.408 e. The van der Waals surface area contributed by atoms with Gasteiger partial charge in [-0.3, -0.25) is 0 Å². The Morgan fingerprint density at radius 3 is 2.50 bits per heavy atom. The fourth-order valence-corrected chi connectivity index (χ4v) is 1.08. The number of hydrogen-bond acceptors (Lipinski definition) is 1. The Bertz CT molecular complexity index is 311. The summed E-state index contributed by atoms with van der Waals surface area (Å²) < 4.78 is 37.4. The molecule has 0 bridgehead atoms. The standard InChI is InChI=1S/C6H7F3N2S/c1-4(6(7,8)9)11-3-2-10-5(11)12/h2-4H,1H3,(H,10,12). The number of halogens is 3. The molecule has 0 saturated heterocycles. The van der Waals surface area contributed by atoms with Crippen molar-refractivity contribution in [1.82, 2.24) is 9.55 Å². The third-order valence-electron chi connectivity index (χ3n) is 1.57. The lowest BCUT2D eigenvalue weighted by Gasteiger charge is -2.16. The molecular weight excluding hydrogens is 189 g/mol. The maximum atomic E-state index is 12.1. The van der Waals surface area contributed by atoms with Crippen molar-refractivity contribution in [3.8, 4) is 0 Å². The summed E-state index contributed by atoms with van der Waals surface area (Å²) in [7, 11) is 0. The zero-order valence-corrected chi connectivity index (χ0v) is 7.04. The Balaban J connectivity index is 3.01. The maximum absolute atomic E-state index is 12.1. The number of nitrogens with zero attached hydrogens (tertiary/aromatic N) is 1. The molecule has 0 aliphatic rings. The zero-order valence-electron chi connectivity index (χ0n) is 6.22. The van der Waals surface area contributed by atoms with Crippen LogP contribution in [0.3, 0.4) is 0 Å². The monoisotopic (exact) mass is 196 g/mol. The highest BCUT2D eigenvalue weighted by atomic mass is 32.1. The summed E-state index contributed by atoms with van der Waals surface area (Å²) in [6, 6.07) is -1.57. The van der Waals surface area contributed by atoms with E-state index in [1.54, 1.807) is 0 Å². The molecule has 0 saturated carbocycles. The predicted molar refractivity (Wildman–Crippen MR) is 40.4 cm³/mol. The van der Waals surface area contributed by atoms with Gasteiger partial charge in [-0.1, -0.05) is 0 Å². The highest BCUT2D eigenvalue weighted by Gasteiger charge is 2.37. The van der Waals surface area contributed by atoms with E-state index in [1.807, 2.05) is 0 Å². The van der Waals surface area contributed by atoms with Gasteiger partial charge in [-0.15, -0.1) is 0 Å². The number of imidazole rings is 1. The normalized spacial score (nSPS) is 14.7. The second-order valence-corrected chi connectivity index (χ2v) is 2.78. The molecule has 0 fully saturated rings. The van der Waals surface area contributed by atoms with Crippen molar-refractivity contribution in [2.45, 2.75) is 19.1 Å². The second-order valence-electron chi connectivity index (χ2n) is 2.39. The van der Waals surface area contributed by atoms with Crippen LogP contribution in [0.25, 0.3) is 0 Å². The summed E-state index contributed by atoms with van der Waals surface area (Å²) in [5.41, 5.74) is 0. The number of alkyl halides is 3. The lowest BCUT2D eigenvalue weighted by Crippen LogP contribution is -2.23. The molecule has 1 rings (SSSR count). The van der Waals surface area contributed by atoms with E-state index in [2.05, 4.69) is 17.2 Å². The van der Waals surface area contributed by atoms with Gasteiger partial charge < -0.3 is 9.55 Å². The number of rotatable bonds is 1. The minimum Gasteiger partial charge on any atom is -0.337 e. The summed E-state index contributed by atoms with van der Waals surface area (Å²) in [6.07, 6.45) is -1.59. The number of aromatic nitrogens is 2. The Hall–Kier alpha value is -0.780. The Morgan fingerprint density at radius 2 is 2.17 bits per heavy atom. The fraction of sp³-hybridized carbons (Fsp3) is 0.500. The van der Waals surface area contributed by atoms with Crippen LogP contribution >= 0.6 is 12.2 Å². The average Bonchev–Trinajstić information content (AvgIpc) is 2.31. The Morgan fingerprint density at radius 1 is 1.58 bits per heavy atom. The van der Waals surface area contributed by atoms with Crippen molar-refractivity contribution in [2.24, 2.45) is 0 Å². The van der Waals surface area contributed by atoms with Crippen LogP contribution in [-0.4, -0.2) is 15.7 Å². The van der Waals surface area contributed by atoms with Crippen molar-refractivity contribution in [3.63, 3.8) is 0 Å². The van der Waals surface area contributed by atoms with Crippen molar-refractivity contribution in [1.29, 1.82) is 0 Å². The van der Waals surface area contributed by atoms with Crippen molar-refractivity contribution in [2.75, 3.05) is 0 Å². The lowest BCUT2D eigenvalue weighted by atomic mass is 10.3. The molecule has 12 heavy (non-hydrogen) atoms. The minimum atomic E-state index is -4.25. The van der Waals surface area contributed by atoms with E-state index in [9.17, 15) is 13.2 Å². The summed E-state index contributed by atoms with van der Waals surface area (Å²) in [5.74, 6) is 0. The van der Waals surface area contributed by atoms with Gasteiger partial charge >= 0.3 is 6.18 Å². The van der Waals surface area contributed by atoms with Gasteiger partial charge in [-0.25, -0.2) is 0 Å². The molecule has 0 aromatic carbocycles. The van der Waals surface area contributed by atoms with E-state index < -0.39 is 12.2 Å². The molecular formula is C6H7F3N2S. The van der Waals surface area contributed by atoms with Crippen LogP contribution in [0.15, 0.2) is 12.4 Å². The van der Waals surface area contributed by atoms with Gasteiger partial charge in [0.25, 0.3) is 0 Å². The van der Waals surface area contributed by atoms with E-state index in [0.717, 1.165) is 11.5 Å². The first-order valence-electron chi connectivity index (χ1n) is 3.25. The van der Waals surface area contributed by atoms with Crippen LogP contribution in [0, 0.1) is 4.77 Å². The van der Waals surface area contributed by atoms with E-state index in [4.69, 9.17) is 0 Å². The molecule has 1 N–H and O–H groups in total. The molecule has 1 heterocycles. The molecule has 6 heteroatoms. The first-order chi connectivity index (χ1) is 5.43. The molecule has 2 nitrogen and oxygen atoms in total. The molecule has 68 valence electrons. The minimum absolute atomic E-state index is 0.0832. The highest BCUT2D eigenvalue weighted by Crippen LogP contribution is 2.29. The number of nitrogens with one attached hydrogen (secondary N) is 1. The molecule has 0 spiro atoms. The molecule has 1 unspecified atom stereocenters. The Labute approximate surface area is 72.0 Å². The van der Waals surface area contributed by atoms with Crippen LogP contribution in [-0.2, 0) is 0 Å². The zero-order chi connectivity index (χ0) is 9.35. The average molecular weight is 196 g/mol. The third kappa shape index (κ3) is 1.69. The Kier molecular flexibility index (Phi) is 2.27. The van der Waals surface area contributed by atoms with Crippen LogP contribution in [0.2, 0.25) is 0 Å². The fourth-order valence-electron chi connectivity index (χ4n) is 0.794. The van der Waals surface area contributed by atoms with Gasteiger partial charge in [-0.05, 0) is 19.1 Å². The summed E-state index contributed by atoms with van der Waals surface area (Å²) in [6.45, 7) is 1.06. The van der Waals surface area contributed by atoms with Crippen LogP contribution in [0.4, 0.5) is 13.2 Å². The smallest absolute Gasteiger partial charge is 0.337 e.